The van der Waals surface area contributed by atoms with Gasteiger partial charge in [0.2, 0.25) is 0 Å². The summed E-state index contributed by atoms with van der Waals surface area (Å²) in [5.74, 6) is 1.47. The predicted octanol–water partition coefficient (Wildman–Crippen LogP) is 3.16. The highest BCUT2D eigenvalue weighted by molar-refractivity contribution is 7.98. The van der Waals surface area contributed by atoms with Crippen molar-refractivity contribution in [2.24, 2.45) is 0 Å². The molecular formula is C12H11ClN6S2. The molecule has 3 aromatic rings. The highest BCUT2D eigenvalue weighted by Crippen LogP contribution is 2.28. The van der Waals surface area contributed by atoms with Crippen LogP contribution in [0.1, 0.15) is 12.6 Å². The third-order valence-corrected chi connectivity index (χ3v) is 4.78. The molecule has 0 amide bonds. The molecule has 0 aliphatic heterocycles. The van der Waals surface area contributed by atoms with E-state index in [1.165, 1.54) is 11.5 Å². The quantitative estimate of drug-likeness (QED) is 0.665. The average molecular weight is 339 g/mol. The van der Waals surface area contributed by atoms with Crippen molar-refractivity contribution in [2.45, 2.75) is 24.4 Å². The molecule has 0 radical (unpaired) electrons. The molecule has 0 spiro atoms. The Kier molecular flexibility index (Phi) is 4.47. The second-order valence-corrected chi connectivity index (χ2v) is 6.37. The van der Waals surface area contributed by atoms with E-state index in [2.05, 4.69) is 36.3 Å². The van der Waals surface area contributed by atoms with Gasteiger partial charge < -0.3 is 4.57 Å². The second-order valence-electron chi connectivity index (χ2n) is 4.07. The van der Waals surface area contributed by atoms with Crippen LogP contribution in [0, 0.1) is 0 Å². The van der Waals surface area contributed by atoms with E-state index in [0.29, 0.717) is 10.1 Å². The Bertz CT molecular complexity index is 726. The Labute approximate surface area is 134 Å². The van der Waals surface area contributed by atoms with Crippen LogP contribution in [0.15, 0.2) is 29.7 Å². The highest BCUT2D eigenvalue weighted by Gasteiger charge is 2.14. The topological polar surface area (TPSA) is 69.4 Å². The minimum absolute atomic E-state index is 0.624. The van der Waals surface area contributed by atoms with Crippen LogP contribution in [0.25, 0.3) is 11.4 Å². The number of thioether (sulfide) groups is 1. The zero-order valence-corrected chi connectivity index (χ0v) is 13.5. The van der Waals surface area contributed by atoms with Gasteiger partial charge in [0.1, 0.15) is 10.0 Å². The molecule has 108 valence electrons. The Hall–Kier alpha value is -1.51. The van der Waals surface area contributed by atoms with Gasteiger partial charge in [-0.15, -0.1) is 15.3 Å². The molecule has 0 N–H and O–H groups in total. The summed E-state index contributed by atoms with van der Waals surface area (Å²) in [7, 11) is 0. The molecule has 0 saturated heterocycles. The summed E-state index contributed by atoms with van der Waals surface area (Å²) in [6.07, 6.45) is 3.50. The van der Waals surface area contributed by atoms with Crippen molar-refractivity contribution in [3.63, 3.8) is 0 Å². The van der Waals surface area contributed by atoms with Gasteiger partial charge in [0.05, 0.1) is 0 Å². The fourth-order valence-corrected chi connectivity index (χ4v) is 3.55. The fourth-order valence-electron chi connectivity index (χ4n) is 1.81. The molecule has 0 unspecified atom stereocenters. The SMILES string of the molecule is CCn1c(SCc2nnsc2Cl)nnc1-c1ccncc1. The molecular weight excluding hydrogens is 328 g/mol. The number of aromatic nitrogens is 6. The van der Waals surface area contributed by atoms with Gasteiger partial charge in [-0.2, -0.15) is 0 Å². The van der Waals surface area contributed by atoms with Crippen LogP contribution in [0.2, 0.25) is 4.34 Å². The summed E-state index contributed by atoms with van der Waals surface area (Å²) < 4.78 is 6.51. The van der Waals surface area contributed by atoms with Crippen LogP contribution in [0.4, 0.5) is 0 Å². The lowest BCUT2D eigenvalue weighted by Gasteiger charge is -2.06. The molecule has 0 atom stereocenters. The zero-order valence-electron chi connectivity index (χ0n) is 11.1. The Morgan fingerprint density at radius 3 is 2.71 bits per heavy atom. The summed E-state index contributed by atoms with van der Waals surface area (Å²) in [4.78, 5) is 4.02. The van der Waals surface area contributed by atoms with E-state index in [9.17, 15) is 0 Å². The van der Waals surface area contributed by atoms with Crippen molar-refractivity contribution in [1.29, 1.82) is 0 Å². The normalized spacial score (nSPS) is 11.0. The van der Waals surface area contributed by atoms with E-state index in [-0.39, 0.29) is 0 Å². The summed E-state index contributed by atoms with van der Waals surface area (Å²) >= 11 is 8.76. The summed E-state index contributed by atoms with van der Waals surface area (Å²) in [5.41, 5.74) is 1.78. The fraction of sp³-hybridized carbons (Fsp3) is 0.250. The third kappa shape index (κ3) is 3.07. The molecule has 3 rings (SSSR count). The zero-order chi connectivity index (χ0) is 14.7. The maximum absolute atomic E-state index is 6.01. The van der Waals surface area contributed by atoms with Crippen molar-refractivity contribution in [2.75, 3.05) is 0 Å². The first-order valence-electron chi connectivity index (χ1n) is 6.22. The molecule has 3 aromatic heterocycles. The number of pyridine rings is 1. The van der Waals surface area contributed by atoms with Crippen molar-refractivity contribution < 1.29 is 0 Å². The number of rotatable bonds is 5. The van der Waals surface area contributed by atoms with Crippen molar-refractivity contribution in [3.8, 4) is 11.4 Å². The third-order valence-electron chi connectivity index (χ3n) is 2.82. The number of hydrogen-bond acceptors (Lipinski definition) is 7. The van der Waals surface area contributed by atoms with Crippen LogP contribution in [0.5, 0.6) is 0 Å². The Morgan fingerprint density at radius 2 is 2.05 bits per heavy atom. The van der Waals surface area contributed by atoms with Gasteiger partial charge in [0.15, 0.2) is 11.0 Å². The molecule has 0 fully saturated rings. The van der Waals surface area contributed by atoms with E-state index in [1.807, 2.05) is 12.1 Å². The number of nitrogens with zero attached hydrogens (tertiary/aromatic N) is 6. The van der Waals surface area contributed by atoms with Gasteiger partial charge in [-0.3, -0.25) is 4.98 Å². The van der Waals surface area contributed by atoms with Gasteiger partial charge in [0, 0.05) is 41.8 Å². The monoisotopic (exact) mass is 338 g/mol. The van der Waals surface area contributed by atoms with Crippen LogP contribution >= 0.6 is 34.9 Å². The molecule has 0 bridgehead atoms. The average Bonchev–Trinajstić information content (AvgIpc) is 3.11. The highest BCUT2D eigenvalue weighted by atomic mass is 35.5. The van der Waals surface area contributed by atoms with E-state index in [4.69, 9.17) is 11.6 Å². The van der Waals surface area contributed by atoms with E-state index >= 15 is 0 Å². The second kappa shape index (κ2) is 6.50. The molecule has 0 saturated carbocycles. The van der Waals surface area contributed by atoms with E-state index in [0.717, 1.165) is 28.8 Å². The van der Waals surface area contributed by atoms with Gasteiger partial charge in [-0.25, -0.2) is 0 Å². The van der Waals surface area contributed by atoms with Gasteiger partial charge in [0.25, 0.3) is 0 Å². The van der Waals surface area contributed by atoms with Gasteiger partial charge in [-0.05, 0) is 19.1 Å². The lowest BCUT2D eigenvalue weighted by Crippen LogP contribution is -2.00. The summed E-state index contributed by atoms with van der Waals surface area (Å²) in [6, 6.07) is 3.84. The van der Waals surface area contributed by atoms with Crippen LogP contribution in [-0.2, 0) is 12.3 Å². The Morgan fingerprint density at radius 1 is 1.24 bits per heavy atom. The summed E-state index contributed by atoms with van der Waals surface area (Å²) in [5, 5.41) is 13.4. The Balaban J connectivity index is 1.84. The molecule has 21 heavy (non-hydrogen) atoms. The molecule has 0 aromatic carbocycles. The van der Waals surface area contributed by atoms with Crippen molar-refractivity contribution >= 4 is 34.9 Å². The molecule has 6 nitrogen and oxygen atoms in total. The van der Waals surface area contributed by atoms with Crippen molar-refractivity contribution in [1.82, 2.24) is 29.3 Å². The van der Waals surface area contributed by atoms with Gasteiger partial charge >= 0.3 is 0 Å². The van der Waals surface area contributed by atoms with Crippen molar-refractivity contribution in [3.05, 3.63) is 34.6 Å². The largest absolute Gasteiger partial charge is 0.302 e. The predicted molar refractivity (Wildman–Crippen MR) is 83.4 cm³/mol. The maximum Gasteiger partial charge on any atom is 0.191 e. The lowest BCUT2D eigenvalue weighted by atomic mass is 10.2. The first-order chi connectivity index (χ1) is 10.3. The molecule has 0 aliphatic carbocycles. The molecule has 9 heteroatoms. The minimum atomic E-state index is 0.624. The maximum atomic E-state index is 6.01. The van der Waals surface area contributed by atoms with Crippen LogP contribution in [0.3, 0.4) is 0 Å². The lowest BCUT2D eigenvalue weighted by molar-refractivity contribution is 0.687. The molecule has 3 heterocycles. The summed E-state index contributed by atoms with van der Waals surface area (Å²) in [6.45, 7) is 2.85. The standard InChI is InChI=1S/C12H11ClN6S2/c1-2-19-11(8-3-5-14-6-4-8)16-17-12(19)20-7-9-10(13)21-18-15-9/h3-6H,2,7H2,1H3. The van der Waals surface area contributed by atoms with Crippen LogP contribution < -0.4 is 0 Å². The number of halogens is 1. The molecule has 0 aliphatic rings. The van der Waals surface area contributed by atoms with Gasteiger partial charge in [-0.1, -0.05) is 27.9 Å². The first kappa shape index (κ1) is 14.4. The van der Waals surface area contributed by atoms with E-state index in [1.54, 1.807) is 24.2 Å². The van der Waals surface area contributed by atoms with Crippen LogP contribution in [-0.4, -0.2) is 29.3 Å². The van der Waals surface area contributed by atoms with E-state index < -0.39 is 0 Å². The number of hydrogen-bond donors (Lipinski definition) is 0. The minimum Gasteiger partial charge on any atom is -0.302 e. The smallest absolute Gasteiger partial charge is 0.191 e. The first-order valence-corrected chi connectivity index (χ1v) is 8.36.